The predicted molar refractivity (Wildman–Crippen MR) is 236 cm³/mol. The zero-order valence-electron chi connectivity index (χ0n) is 35.7. The Balaban J connectivity index is 1.25. The first-order valence-corrected chi connectivity index (χ1v) is 20.6. The number of carboxylic acid groups (broad SMARTS) is 1. The van der Waals surface area contributed by atoms with Crippen LogP contribution in [0.5, 0.6) is 0 Å². The first-order chi connectivity index (χ1) is 29.6. The molecule has 0 saturated carbocycles. The smallest absolute Gasteiger partial charge is 0.407 e. The minimum absolute atomic E-state index is 0.0177. The molecular formula is C45H57N9O8. The van der Waals surface area contributed by atoms with E-state index < -0.39 is 60.2 Å². The van der Waals surface area contributed by atoms with Gasteiger partial charge >= 0.3 is 12.1 Å². The molecule has 5 amide bonds. The van der Waals surface area contributed by atoms with Crippen LogP contribution in [0.1, 0.15) is 82.3 Å². The maximum absolute atomic E-state index is 13.0. The Labute approximate surface area is 360 Å². The summed E-state index contributed by atoms with van der Waals surface area (Å²) in [7, 11) is 0. The highest BCUT2D eigenvalue weighted by Gasteiger charge is 2.29. The summed E-state index contributed by atoms with van der Waals surface area (Å²) in [5, 5.41) is 23.4. The van der Waals surface area contributed by atoms with Gasteiger partial charge in [0.25, 0.3) is 0 Å². The lowest BCUT2D eigenvalue weighted by Crippen LogP contribution is -2.56. The Morgan fingerprint density at radius 3 is 2.21 bits per heavy atom. The molecule has 330 valence electrons. The topological polar surface area (TPSA) is 249 Å². The molecule has 17 nitrogen and oxygen atoms in total. The van der Waals surface area contributed by atoms with Gasteiger partial charge in [-0.25, -0.2) is 14.8 Å². The number of nitrogen functional groups attached to an aromatic ring is 1. The van der Waals surface area contributed by atoms with Gasteiger partial charge < -0.3 is 46.7 Å². The monoisotopic (exact) mass is 851 g/mol. The molecule has 0 aliphatic carbocycles. The molecule has 4 rings (SSSR count). The molecule has 0 saturated heterocycles. The van der Waals surface area contributed by atoms with Crippen LogP contribution in [0.2, 0.25) is 0 Å². The number of benzene rings is 2. The highest BCUT2D eigenvalue weighted by Crippen LogP contribution is 2.20. The summed E-state index contributed by atoms with van der Waals surface area (Å²) in [5.74, 6) is -2.58. The summed E-state index contributed by atoms with van der Waals surface area (Å²) in [5.41, 5.74) is 10.8. The zero-order valence-corrected chi connectivity index (χ0v) is 35.7. The van der Waals surface area contributed by atoms with E-state index in [-0.39, 0.29) is 32.4 Å². The molecule has 0 aliphatic rings. The second-order valence-corrected chi connectivity index (χ2v) is 15.0. The lowest BCUT2D eigenvalue weighted by atomic mass is 10.0. The molecule has 0 bridgehead atoms. The van der Waals surface area contributed by atoms with Gasteiger partial charge in [-0.05, 0) is 47.6 Å². The second-order valence-electron chi connectivity index (χ2n) is 15.0. The van der Waals surface area contributed by atoms with Crippen molar-refractivity contribution in [3.63, 3.8) is 0 Å². The van der Waals surface area contributed by atoms with Crippen molar-refractivity contribution in [3.05, 3.63) is 94.3 Å². The molecule has 0 radical (unpaired) electrons. The number of carbonyl (C=O) groups excluding carboxylic acids is 5. The fraction of sp³-hybridized carbons (Fsp3) is 0.378. The van der Waals surface area contributed by atoms with Crippen molar-refractivity contribution < 1.29 is 38.6 Å². The van der Waals surface area contributed by atoms with E-state index in [2.05, 4.69) is 56.2 Å². The maximum Gasteiger partial charge on any atom is 0.407 e. The van der Waals surface area contributed by atoms with Crippen LogP contribution < -0.4 is 42.9 Å². The van der Waals surface area contributed by atoms with E-state index in [1.165, 1.54) is 0 Å². The summed E-state index contributed by atoms with van der Waals surface area (Å²) < 4.78 is 7.56. The average Bonchev–Trinajstić information content (AvgIpc) is 3.60. The number of nitrogens with one attached hydrogen (secondary N) is 5. The number of aromatic nitrogens is 3. The van der Waals surface area contributed by atoms with Crippen molar-refractivity contribution in [2.24, 2.45) is 5.92 Å². The first kappa shape index (κ1) is 47.6. The fourth-order valence-corrected chi connectivity index (χ4v) is 6.44. The number of nitrogens with zero attached hydrogens (tertiary/aromatic N) is 3. The molecule has 0 fully saturated rings. The minimum atomic E-state index is -1.15. The van der Waals surface area contributed by atoms with Crippen molar-refractivity contribution in [1.29, 1.82) is 0 Å². The molecule has 17 heteroatoms. The molecule has 8 N–H and O–H groups in total. The van der Waals surface area contributed by atoms with E-state index in [0.717, 1.165) is 46.9 Å². The third-order valence-corrected chi connectivity index (χ3v) is 9.85. The standard InChI is InChI=1S/C45H57N9O8/c1-7-10-12-35-52-40-41(33(11-8-2)28(6)49-42(40)46)54(35)25-30-15-13-29(14-16-30)23-48-45(61)62-26-31-17-19-32(20-18-31)50-37(56)24-47-44(60)39(27(4)5)53-43(59)34(21-22-38(57)58)51-36(55)9-3/h8,11,13-20,27,34,39H,2,6-7,9-10,12,21-26H2,1,3-5H3,(H2,46,49)(H,47,60)(H,48,61)(H,50,56)(H,51,55)(H,53,59)(H,57,58)/b33-11+/t34-,39?/m0/s1. The average molecular weight is 852 g/mol. The Morgan fingerprint density at radius 2 is 1.58 bits per heavy atom. The fourth-order valence-electron chi connectivity index (χ4n) is 6.44. The number of hydrogen-bond donors (Lipinski definition) is 7. The SMILES string of the molecule is C=C/C=c1\c(=C)nc(N)c2nc(CCCC)n(Cc3ccc(CNC(=O)OCc4ccc(NC(=O)CNC(=O)C(NC(=O)[C@H](CCC(=O)O)NC(=O)CC)C(C)C)cc4)cc3)c12. The van der Waals surface area contributed by atoms with Gasteiger partial charge in [-0.1, -0.05) is 95.8 Å². The normalized spacial score (nSPS) is 12.3. The number of nitrogens with two attached hydrogens (primary N) is 1. The van der Waals surface area contributed by atoms with Crippen LogP contribution in [0.15, 0.2) is 61.2 Å². The van der Waals surface area contributed by atoms with Crippen molar-refractivity contribution >= 4 is 70.9 Å². The van der Waals surface area contributed by atoms with E-state index >= 15 is 0 Å². The van der Waals surface area contributed by atoms with Crippen LogP contribution in [-0.4, -0.2) is 74.0 Å². The second kappa shape index (κ2) is 23.1. The predicted octanol–water partition coefficient (Wildman–Crippen LogP) is 3.16. The van der Waals surface area contributed by atoms with E-state index in [1.807, 2.05) is 30.3 Å². The molecule has 62 heavy (non-hydrogen) atoms. The summed E-state index contributed by atoms with van der Waals surface area (Å²) in [4.78, 5) is 83.4. The van der Waals surface area contributed by atoms with Crippen LogP contribution in [-0.2, 0) is 54.8 Å². The van der Waals surface area contributed by atoms with E-state index in [0.29, 0.717) is 34.5 Å². The van der Waals surface area contributed by atoms with Crippen molar-refractivity contribution in [2.75, 3.05) is 17.6 Å². The van der Waals surface area contributed by atoms with Crippen LogP contribution in [0, 0.1) is 5.92 Å². The van der Waals surface area contributed by atoms with E-state index in [1.54, 1.807) is 51.1 Å². The van der Waals surface area contributed by atoms with Crippen molar-refractivity contribution in [2.45, 2.75) is 98.0 Å². The number of anilines is 2. The number of aliphatic carboxylic acids is 1. The number of carboxylic acids is 1. The minimum Gasteiger partial charge on any atom is -0.481 e. The number of imidazole rings is 1. The van der Waals surface area contributed by atoms with Gasteiger partial charge in [0.2, 0.25) is 23.6 Å². The van der Waals surface area contributed by atoms with Gasteiger partial charge in [0.15, 0.2) is 5.82 Å². The maximum atomic E-state index is 13.0. The molecule has 2 aromatic carbocycles. The molecule has 2 aromatic heterocycles. The lowest BCUT2D eigenvalue weighted by molar-refractivity contribution is -0.138. The van der Waals surface area contributed by atoms with E-state index in [4.69, 9.17) is 20.6 Å². The summed E-state index contributed by atoms with van der Waals surface area (Å²) >= 11 is 0. The van der Waals surface area contributed by atoms with Gasteiger partial charge in [-0.15, -0.1) is 0 Å². The van der Waals surface area contributed by atoms with Gasteiger partial charge in [0.1, 0.15) is 30.0 Å². The number of unbranched alkanes of at least 4 members (excludes halogenated alkanes) is 1. The van der Waals surface area contributed by atoms with Gasteiger partial charge in [0, 0.05) is 43.3 Å². The number of aryl methyl sites for hydroxylation is 1. The Morgan fingerprint density at radius 1 is 0.903 bits per heavy atom. The molecule has 1 unspecified atom stereocenters. The van der Waals surface area contributed by atoms with Gasteiger partial charge in [-0.2, -0.15) is 0 Å². The largest absolute Gasteiger partial charge is 0.481 e. The zero-order chi connectivity index (χ0) is 45.3. The highest BCUT2D eigenvalue weighted by atomic mass is 16.5. The molecule has 4 aromatic rings. The highest BCUT2D eigenvalue weighted by molar-refractivity contribution is 5.97. The van der Waals surface area contributed by atoms with Crippen LogP contribution in [0.4, 0.5) is 16.3 Å². The summed E-state index contributed by atoms with van der Waals surface area (Å²) in [6.07, 6.45) is 5.31. The molecule has 2 atom stereocenters. The van der Waals surface area contributed by atoms with E-state index in [9.17, 15) is 28.8 Å². The number of allylic oxidation sites excluding steroid dienone is 1. The number of alkyl carbamates (subject to hydrolysis) is 1. The van der Waals surface area contributed by atoms with Gasteiger partial charge in [0.05, 0.1) is 17.4 Å². The molecule has 0 spiro atoms. The molecule has 0 aliphatic heterocycles. The number of ether oxygens (including phenoxy) is 1. The summed E-state index contributed by atoms with van der Waals surface area (Å²) in [6, 6.07) is 12.3. The Bertz CT molecular complexity index is 2360. The first-order valence-electron chi connectivity index (χ1n) is 20.6. The quantitative estimate of drug-likeness (QED) is 0.0605. The van der Waals surface area contributed by atoms with Gasteiger partial charge in [-0.3, -0.25) is 24.0 Å². The number of pyridine rings is 1. The lowest BCUT2D eigenvalue weighted by Gasteiger charge is -2.25. The van der Waals surface area contributed by atoms with Crippen molar-refractivity contribution in [1.82, 2.24) is 35.8 Å². The van der Waals surface area contributed by atoms with Crippen molar-refractivity contribution in [3.8, 4) is 0 Å². The van der Waals surface area contributed by atoms with Crippen LogP contribution in [0.3, 0.4) is 0 Å². The summed E-state index contributed by atoms with van der Waals surface area (Å²) in [6.45, 7) is 15.4. The molecule has 2 heterocycles. The number of hydrogen-bond acceptors (Lipinski definition) is 10. The Hall–Kier alpha value is -7.04. The van der Waals surface area contributed by atoms with Crippen LogP contribution in [0.25, 0.3) is 23.7 Å². The van der Waals surface area contributed by atoms with Crippen LogP contribution >= 0.6 is 0 Å². The number of rotatable bonds is 22. The number of carbonyl (C=O) groups is 6. The Kier molecular flexibility index (Phi) is 17.7. The number of fused-ring (bicyclic) bond motifs is 1. The third-order valence-electron chi connectivity index (χ3n) is 9.85. The molecular weight excluding hydrogens is 795 g/mol. The number of amides is 5. The third kappa shape index (κ3) is 13.8.